The average Bonchev–Trinajstić information content (AvgIpc) is 3.11. The van der Waals surface area contributed by atoms with Crippen molar-refractivity contribution in [3.05, 3.63) is 22.8 Å². The molecule has 0 atom stereocenters. The highest BCUT2D eigenvalue weighted by molar-refractivity contribution is 6.31. The summed E-state index contributed by atoms with van der Waals surface area (Å²) in [5, 5.41) is 4.04. The second-order valence-corrected chi connectivity index (χ2v) is 6.85. The fourth-order valence-electron chi connectivity index (χ4n) is 1.67. The molecule has 19 heavy (non-hydrogen) atoms. The minimum absolute atomic E-state index is 0.264. The van der Waals surface area contributed by atoms with Crippen molar-refractivity contribution in [2.45, 2.75) is 52.6 Å². The lowest BCUT2D eigenvalue weighted by atomic mass is 9.93. The molecule has 0 radical (unpaired) electrons. The van der Waals surface area contributed by atoms with Crippen molar-refractivity contribution in [3.63, 3.8) is 0 Å². The van der Waals surface area contributed by atoms with Gasteiger partial charge in [-0.3, -0.25) is 0 Å². The number of aromatic nitrogens is 1. The lowest BCUT2D eigenvalue weighted by molar-refractivity contribution is 0.236. The Bertz CT molecular complexity index is 425. The number of pyridine rings is 1. The summed E-state index contributed by atoms with van der Waals surface area (Å²) in [4.78, 5) is 4.30. The highest BCUT2D eigenvalue weighted by Crippen LogP contribution is 2.25. The third-order valence-electron chi connectivity index (χ3n) is 3.13. The molecule has 0 aromatic carbocycles. The van der Waals surface area contributed by atoms with Crippen LogP contribution in [0.1, 0.15) is 45.6 Å². The van der Waals surface area contributed by atoms with Gasteiger partial charge in [-0.2, -0.15) is 0 Å². The monoisotopic (exact) mass is 282 g/mol. The van der Waals surface area contributed by atoms with E-state index in [1.54, 1.807) is 0 Å². The molecule has 1 N–H and O–H groups in total. The van der Waals surface area contributed by atoms with Crippen LogP contribution in [0.2, 0.25) is 5.02 Å². The zero-order valence-corrected chi connectivity index (χ0v) is 12.8. The summed E-state index contributed by atoms with van der Waals surface area (Å²) in [5.41, 5.74) is 1.38. The van der Waals surface area contributed by atoms with E-state index in [2.05, 4.69) is 31.1 Å². The van der Waals surface area contributed by atoms with Crippen molar-refractivity contribution in [2.24, 2.45) is 5.41 Å². The fourth-order valence-corrected chi connectivity index (χ4v) is 1.91. The van der Waals surface area contributed by atoms with Crippen LogP contribution in [0.4, 0.5) is 0 Å². The molecule has 0 aliphatic heterocycles. The number of halogens is 1. The van der Waals surface area contributed by atoms with Crippen molar-refractivity contribution in [1.82, 2.24) is 10.3 Å². The molecule has 1 heterocycles. The molecule has 0 unspecified atom stereocenters. The maximum atomic E-state index is 6.20. The molecule has 0 bridgehead atoms. The zero-order valence-electron chi connectivity index (χ0n) is 12.0. The number of rotatable bonds is 6. The van der Waals surface area contributed by atoms with Gasteiger partial charge in [0, 0.05) is 18.8 Å². The Hall–Kier alpha value is -0.800. The number of nitrogens with one attached hydrogen (secondary N) is 1. The number of hydrogen-bond acceptors (Lipinski definition) is 3. The van der Waals surface area contributed by atoms with Gasteiger partial charge in [-0.05, 0) is 36.3 Å². The summed E-state index contributed by atoms with van der Waals surface area (Å²) in [5.74, 6) is 0.543. The summed E-state index contributed by atoms with van der Waals surface area (Å²) in [6, 6.07) is 2.64. The summed E-state index contributed by atoms with van der Waals surface area (Å²) in [6.07, 6.45) is 5.40. The first-order valence-corrected chi connectivity index (χ1v) is 7.32. The standard InChI is InChI=1S/C15H23ClN2O/c1-15(2,3)6-7-19-14-13(16)8-11(10-18-14)9-17-12-4-5-12/h8,10,12,17H,4-7,9H2,1-3H3. The predicted molar refractivity (Wildman–Crippen MR) is 78.7 cm³/mol. The SMILES string of the molecule is CC(C)(C)CCOc1ncc(CNC2CC2)cc1Cl. The van der Waals surface area contributed by atoms with Gasteiger partial charge in [0.05, 0.1) is 6.61 Å². The van der Waals surface area contributed by atoms with Crippen LogP contribution in [0.15, 0.2) is 12.3 Å². The minimum atomic E-state index is 0.264. The van der Waals surface area contributed by atoms with Crippen LogP contribution < -0.4 is 10.1 Å². The maximum Gasteiger partial charge on any atom is 0.232 e. The van der Waals surface area contributed by atoms with Crippen LogP contribution in [-0.2, 0) is 6.54 Å². The second kappa shape index (κ2) is 6.10. The number of nitrogens with zero attached hydrogens (tertiary/aromatic N) is 1. The minimum Gasteiger partial charge on any atom is -0.477 e. The van der Waals surface area contributed by atoms with Gasteiger partial charge < -0.3 is 10.1 Å². The fraction of sp³-hybridized carbons (Fsp3) is 0.667. The van der Waals surface area contributed by atoms with Gasteiger partial charge >= 0.3 is 0 Å². The Morgan fingerprint density at radius 3 is 2.74 bits per heavy atom. The van der Waals surface area contributed by atoms with E-state index in [0.29, 0.717) is 23.6 Å². The number of hydrogen-bond donors (Lipinski definition) is 1. The van der Waals surface area contributed by atoms with Crippen LogP contribution in [-0.4, -0.2) is 17.6 Å². The lowest BCUT2D eigenvalue weighted by Gasteiger charge is -2.18. The van der Waals surface area contributed by atoms with E-state index in [1.165, 1.54) is 12.8 Å². The van der Waals surface area contributed by atoms with Gasteiger partial charge in [-0.1, -0.05) is 32.4 Å². The van der Waals surface area contributed by atoms with E-state index >= 15 is 0 Å². The van der Waals surface area contributed by atoms with Crippen molar-refractivity contribution < 1.29 is 4.74 Å². The smallest absolute Gasteiger partial charge is 0.232 e. The molecule has 1 aromatic rings. The summed E-state index contributed by atoms with van der Waals surface area (Å²) in [6.45, 7) is 8.06. The van der Waals surface area contributed by atoms with Crippen molar-refractivity contribution >= 4 is 11.6 Å². The van der Waals surface area contributed by atoms with Crippen molar-refractivity contribution in [1.29, 1.82) is 0 Å². The summed E-state index contributed by atoms with van der Waals surface area (Å²) in [7, 11) is 0. The Labute approximate surface area is 120 Å². The Kier molecular flexibility index (Phi) is 4.69. The van der Waals surface area contributed by atoms with Gasteiger partial charge in [0.1, 0.15) is 5.02 Å². The van der Waals surface area contributed by atoms with Gasteiger partial charge in [-0.25, -0.2) is 4.98 Å². The van der Waals surface area contributed by atoms with E-state index in [9.17, 15) is 0 Å². The molecule has 0 amide bonds. The van der Waals surface area contributed by atoms with Crippen LogP contribution in [0.5, 0.6) is 5.88 Å². The molecule has 2 rings (SSSR count). The molecule has 0 saturated heterocycles. The van der Waals surface area contributed by atoms with E-state index in [1.807, 2.05) is 12.3 Å². The maximum absolute atomic E-state index is 6.20. The molecule has 1 fully saturated rings. The summed E-state index contributed by atoms with van der Waals surface area (Å²) < 4.78 is 5.64. The molecule has 1 saturated carbocycles. The van der Waals surface area contributed by atoms with E-state index < -0.39 is 0 Å². The van der Waals surface area contributed by atoms with Gasteiger partial charge in [0.2, 0.25) is 5.88 Å². The molecule has 0 spiro atoms. The third-order valence-corrected chi connectivity index (χ3v) is 3.40. The quantitative estimate of drug-likeness (QED) is 0.862. The van der Waals surface area contributed by atoms with Crippen LogP contribution in [0, 0.1) is 5.41 Å². The lowest BCUT2D eigenvalue weighted by Crippen LogP contribution is -2.15. The first-order valence-electron chi connectivity index (χ1n) is 6.95. The zero-order chi connectivity index (χ0) is 13.9. The molecule has 1 aliphatic carbocycles. The highest BCUT2D eigenvalue weighted by atomic mass is 35.5. The van der Waals surface area contributed by atoms with Crippen LogP contribution >= 0.6 is 11.6 Å². The molecular formula is C15H23ClN2O. The van der Waals surface area contributed by atoms with Crippen LogP contribution in [0.25, 0.3) is 0 Å². The van der Waals surface area contributed by atoms with Crippen molar-refractivity contribution in [3.8, 4) is 5.88 Å². The Balaban J connectivity index is 1.83. The molecular weight excluding hydrogens is 260 g/mol. The number of ether oxygens (including phenoxy) is 1. The third kappa shape index (κ3) is 5.37. The topological polar surface area (TPSA) is 34.1 Å². The highest BCUT2D eigenvalue weighted by Gasteiger charge is 2.20. The molecule has 3 nitrogen and oxygen atoms in total. The van der Waals surface area contributed by atoms with Gasteiger partial charge in [-0.15, -0.1) is 0 Å². The molecule has 106 valence electrons. The van der Waals surface area contributed by atoms with E-state index in [-0.39, 0.29) is 5.41 Å². The largest absolute Gasteiger partial charge is 0.477 e. The normalized spacial score (nSPS) is 15.6. The first kappa shape index (κ1) is 14.6. The Morgan fingerprint density at radius 2 is 2.16 bits per heavy atom. The summed E-state index contributed by atoms with van der Waals surface area (Å²) >= 11 is 6.20. The van der Waals surface area contributed by atoms with E-state index in [0.717, 1.165) is 18.5 Å². The molecule has 1 aliphatic rings. The van der Waals surface area contributed by atoms with Crippen LogP contribution in [0.3, 0.4) is 0 Å². The predicted octanol–water partition coefficient (Wildman–Crippen LogP) is 3.80. The average molecular weight is 283 g/mol. The Morgan fingerprint density at radius 1 is 1.42 bits per heavy atom. The van der Waals surface area contributed by atoms with Gasteiger partial charge in [0.25, 0.3) is 0 Å². The molecule has 4 heteroatoms. The van der Waals surface area contributed by atoms with Gasteiger partial charge in [0.15, 0.2) is 0 Å². The molecule has 1 aromatic heterocycles. The van der Waals surface area contributed by atoms with E-state index in [4.69, 9.17) is 16.3 Å². The second-order valence-electron chi connectivity index (χ2n) is 6.44. The van der Waals surface area contributed by atoms with Crippen molar-refractivity contribution in [2.75, 3.05) is 6.61 Å². The first-order chi connectivity index (χ1) is 8.94.